The zero-order chi connectivity index (χ0) is 9.97. The summed E-state index contributed by atoms with van der Waals surface area (Å²) in [5.74, 6) is 0. The third-order valence-corrected chi connectivity index (χ3v) is 2.04. The molecule has 0 saturated carbocycles. The Morgan fingerprint density at radius 2 is 2.29 bits per heavy atom. The SMILES string of the molecule is Cc1cc(-c2cc(CN)[nH]n2)ccn1. The predicted octanol–water partition coefficient (Wildman–Crippen LogP) is 1.24. The number of nitrogens with zero attached hydrogens (tertiary/aromatic N) is 2. The van der Waals surface area contributed by atoms with Crippen LogP contribution in [0.4, 0.5) is 0 Å². The highest BCUT2D eigenvalue weighted by Crippen LogP contribution is 2.17. The van der Waals surface area contributed by atoms with E-state index in [1.54, 1.807) is 6.20 Å². The van der Waals surface area contributed by atoms with Crippen LogP contribution in [-0.4, -0.2) is 15.2 Å². The van der Waals surface area contributed by atoms with E-state index in [2.05, 4.69) is 15.2 Å². The van der Waals surface area contributed by atoms with E-state index in [4.69, 9.17) is 5.73 Å². The largest absolute Gasteiger partial charge is 0.325 e. The Kier molecular flexibility index (Phi) is 2.28. The van der Waals surface area contributed by atoms with Crippen molar-refractivity contribution in [3.63, 3.8) is 0 Å². The fraction of sp³-hybridized carbons (Fsp3) is 0.200. The third-order valence-electron chi connectivity index (χ3n) is 2.04. The van der Waals surface area contributed by atoms with Crippen LogP contribution in [0.3, 0.4) is 0 Å². The first-order chi connectivity index (χ1) is 6.79. The number of nitrogens with one attached hydrogen (secondary N) is 1. The van der Waals surface area contributed by atoms with E-state index in [0.29, 0.717) is 6.54 Å². The van der Waals surface area contributed by atoms with E-state index in [1.807, 2.05) is 25.1 Å². The molecule has 0 aliphatic heterocycles. The van der Waals surface area contributed by atoms with Gasteiger partial charge in [-0.15, -0.1) is 0 Å². The van der Waals surface area contributed by atoms with Crippen LogP contribution in [0.5, 0.6) is 0 Å². The number of hydrogen-bond acceptors (Lipinski definition) is 3. The van der Waals surface area contributed by atoms with Gasteiger partial charge in [0.1, 0.15) is 0 Å². The maximum absolute atomic E-state index is 5.49. The van der Waals surface area contributed by atoms with Crippen molar-refractivity contribution in [2.75, 3.05) is 0 Å². The summed E-state index contributed by atoms with van der Waals surface area (Å²) in [6.07, 6.45) is 1.78. The van der Waals surface area contributed by atoms with Gasteiger partial charge in [0, 0.05) is 29.7 Å². The van der Waals surface area contributed by atoms with E-state index in [-0.39, 0.29) is 0 Å². The van der Waals surface area contributed by atoms with Gasteiger partial charge in [0.2, 0.25) is 0 Å². The monoisotopic (exact) mass is 188 g/mol. The molecule has 0 unspecified atom stereocenters. The van der Waals surface area contributed by atoms with Crippen LogP contribution in [0, 0.1) is 6.92 Å². The van der Waals surface area contributed by atoms with Crippen molar-refractivity contribution in [3.8, 4) is 11.3 Å². The molecule has 0 fully saturated rings. The van der Waals surface area contributed by atoms with Gasteiger partial charge < -0.3 is 5.73 Å². The number of aromatic nitrogens is 3. The molecule has 0 aliphatic carbocycles. The molecule has 14 heavy (non-hydrogen) atoms. The number of hydrogen-bond donors (Lipinski definition) is 2. The topological polar surface area (TPSA) is 67.6 Å². The van der Waals surface area contributed by atoms with E-state index < -0.39 is 0 Å². The number of nitrogens with two attached hydrogens (primary N) is 1. The molecule has 0 bridgehead atoms. The molecule has 2 rings (SSSR count). The van der Waals surface area contributed by atoms with Crippen molar-refractivity contribution in [2.45, 2.75) is 13.5 Å². The Labute approximate surface area is 82.2 Å². The van der Waals surface area contributed by atoms with Gasteiger partial charge in [0.05, 0.1) is 5.69 Å². The molecule has 0 aromatic carbocycles. The molecule has 0 radical (unpaired) electrons. The molecule has 2 aromatic heterocycles. The number of pyridine rings is 1. The maximum atomic E-state index is 5.49. The van der Waals surface area contributed by atoms with Gasteiger partial charge in [-0.05, 0) is 25.1 Å². The summed E-state index contributed by atoms with van der Waals surface area (Å²) in [7, 11) is 0. The third kappa shape index (κ3) is 1.65. The smallest absolute Gasteiger partial charge is 0.0925 e. The van der Waals surface area contributed by atoms with Crippen molar-refractivity contribution < 1.29 is 0 Å². The minimum atomic E-state index is 0.483. The first-order valence-electron chi connectivity index (χ1n) is 4.47. The molecule has 0 saturated heterocycles. The minimum Gasteiger partial charge on any atom is -0.325 e. The quantitative estimate of drug-likeness (QED) is 0.745. The van der Waals surface area contributed by atoms with Gasteiger partial charge in [-0.2, -0.15) is 5.10 Å². The Balaban J connectivity index is 2.39. The van der Waals surface area contributed by atoms with Gasteiger partial charge >= 0.3 is 0 Å². The molecular formula is C10H12N4. The molecule has 4 heteroatoms. The van der Waals surface area contributed by atoms with Gasteiger partial charge in [-0.3, -0.25) is 10.1 Å². The summed E-state index contributed by atoms with van der Waals surface area (Å²) < 4.78 is 0. The fourth-order valence-electron chi connectivity index (χ4n) is 1.32. The molecular weight excluding hydrogens is 176 g/mol. The fourth-order valence-corrected chi connectivity index (χ4v) is 1.32. The van der Waals surface area contributed by atoms with Gasteiger partial charge in [0.15, 0.2) is 0 Å². The van der Waals surface area contributed by atoms with Crippen LogP contribution in [0.1, 0.15) is 11.4 Å². The first kappa shape index (κ1) is 8.90. The summed E-state index contributed by atoms with van der Waals surface area (Å²) in [5, 5.41) is 7.04. The standard InChI is InChI=1S/C10H12N4/c1-7-4-8(2-3-12-7)10-5-9(6-11)13-14-10/h2-5H,6,11H2,1H3,(H,13,14). The number of aromatic amines is 1. The second-order valence-corrected chi connectivity index (χ2v) is 3.17. The second-order valence-electron chi connectivity index (χ2n) is 3.17. The Morgan fingerprint density at radius 3 is 2.93 bits per heavy atom. The summed E-state index contributed by atoms with van der Waals surface area (Å²) in [6, 6.07) is 5.88. The van der Waals surface area contributed by atoms with Crippen molar-refractivity contribution >= 4 is 0 Å². The summed E-state index contributed by atoms with van der Waals surface area (Å²) >= 11 is 0. The number of H-pyrrole nitrogens is 1. The molecule has 2 aromatic rings. The van der Waals surface area contributed by atoms with E-state index in [9.17, 15) is 0 Å². The molecule has 0 spiro atoms. The van der Waals surface area contributed by atoms with E-state index in [0.717, 1.165) is 22.6 Å². The summed E-state index contributed by atoms with van der Waals surface area (Å²) in [6.45, 7) is 2.44. The van der Waals surface area contributed by atoms with Crippen molar-refractivity contribution in [1.29, 1.82) is 0 Å². The summed E-state index contributed by atoms with van der Waals surface area (Å²) in [5.41, 5.74) is 9.39. The average molecular weight is 188 g/mol. The van der Waals surface area contributed by atoms with Crippen LogP contribution >= 0.6 is 0 Å². The molecule has 0 aliphatic rings. The van der Waals surface area contributed by atoms with Crippen LogP contribution in [-0.2, 0) is 6.54 Å². The zero-order valence-electron chi connectivity index (χ0n) is 7.99. The lowest BCUT2D eigenvalue weighted by Gasteiger charge is -1.96. The molecule has 0 amide bonds. The minimum absolute atomic E-state index is 0.483. The Morgan fingerprint density at radius 1 is 1.43 bits per heavy atom. The van der Waals surface area contributed by atoms with Crippen LogP contribution < -0.4 is 5.73 Å². The van der Waals surface area contributed by atoms with Crippen molar-refractivity contribution in [3.05, 3.63) is 35.8 Å². The highest BCUT2D eigenvalue weighted by Gasteiger charge is 2.02. The molecule has 0 atom stereocenters. The zero-order valence-corrected chi connectivity index (χ0v) is 7.99. The highest BCUT2D eigenvalue weighted by molar-refractivity contribution is 5.59. The highest BCUT2D eigenvalue weighted by atomic mass is 15.1. The lowest BCUT2D eigenvalue weighted by atomic mass is 10.1. The first-order valence-corrected chi connectivity index (χ1v) is 4.47. The molecule has 72 valence electrons. The lowest BCUT2D eigenvalue weighted by Crippen LogP contribution is -1.95. The van der Waals surface area contributed by atoms with Gasteiger partial charge in [-0.25, -0.2) is 0 Å². The lowest BCUT2D eigenvalue weighted by molar-refractivity contribution is 0.948. The predicted molar refractivity (Wildman–Crippen MR) is 54.4 cm³/mol. The Hall–Kier alpha value is -1.68. The molecule has 3 N–H and O–H groups in total. The van der Waals surface area contributed by atoms with Gasteiger partial charge in [0.25, 0.3) is 0 Å². The number of aryl methyl sites for hydroxylation is 1. The van der Waals surface area contributed by atoms with Gasteiger partial charge in [-0.1, -0.05) is 0 Å². The van der Waals surface area contributed by atoms with Crippen LogP contribution in [0.15, 0.2) is 24.4 Å². The normalized spacial score (nSPS) is 10.4. The Bertz CT molecular complexity index is 433. The second kappa shape index (κ2) is 3.59. The van der Waals surface area contributed by atoms with Crippen molar-refractivity contribution in [2.24, 2.45) is 5.73 Å². The van der Waals surface area contributed by atoms with Crippen LogP contribution in [0.25, 0.3) is 11.3 Å². The van der Waals surface area contributed by atoms with Crippen LogP contribution in [0.2, 0.25) is 0 Å². The number of rotatable bonds is 2. The van der Waals surface area contributed by atoms with E-state index >= 15 is 0 Å². The van der Waals surface area contributed by atoms with Crippen molar-refractivity contribution in [1.82, 2.24) is 15.2 Å². The summed E-state index contributed by atoms with van der Waals surface area (Å²) in [4.78, 5) is 4.13. The average Bonchev–Trinajstić information content (AvgIpc) is 2.66. The maximum Gasteiger partial charge on any atom is 0.0925 e. The molecule has 4 nitrogen and oxygen atoms in total. The van der Waals surface area contributed by atoms with E-state index in [1.165, 1.54) is 0 Å². The molecule has 2 heterocycles.